The van der Waals surface area contributed by atoms with E-state index in [1.54, 1.807) is 0 Å². The van der Waals surface area contributed by atoms with E-state index in [-0.39, 0.29) is 0 Å². The molecule has 0 aliphatic heterocycles. The Morgan fingerprint density at radius 1 is 1.13 bits per heavy atom. The summed E-state index contributed by atoms with van der Waals surface area (Å²) >= 11 is 7.11. The molecule has 1 aromatic heterocycles. The fraction of sp³-hybridized carbons (Fsp3) is 0.111. The van der Waals surface area contributed by atoms with E-state index >= 15 is 0 Å². The van der Waals surface area contributed by atoms with Crippen LogP contribution in [0.2, 0.25) is 0 Å². The molecule has 1 heterocycles. The molecule has 0 amide bonds. The first-order valence-corrected chi connectivity index (χ1v) is 8.63. The van der Waals surface area contributed by atoms with Crippen molar-refractivity contribution in [2.45, 2.75) is 13.3 Å². The van der Waals surface area contributed by atoms with Crippen molar-refractivity contribution in [3.8, 4) is 11.5 Å². The lowest BCUT2D eigenvalue weighted by Gasteiger charge is -2.14. The zero-order valence-corrected chi connectivity index (χ0v) is 15.5. The molecule has 0 unspecified atom stereocenters. The molecule has 3 rings (SSSR count). The fourth-order valence-electron chi connectivity index (χ4n) is 2.36. The van der Waals surface area contributed by atoms with Gasteiger partial charge in [0.1, 0.15) is 17.6 Å². The normalized spacial score (nSPS) is 10.7. The van der Waals surface area contributed by atoms with E-state index in [4.69, 9.17) is 4.74 Å². The number of fused-ring (bicyclic) bond motifs is 1. The Bertz CT molecular complexity index is 894. The molecule has 3 aromatic rings. The fourth-order valence-corrected chi connectivity index (χ4v) is 3.71. The summed E-state index contributed by atoms with van der Waals surface area (Å²) < 4.78 is 7.87. The molecule has 2 aromatic carbocycles. The number of carbonyl (C=O) groups excluding carboxylic acids is 1. The maximum absolute atomic E-state index is 10.9. The Hall–Kier alpha value is -1.72. The van der Waals surface area contributed by atoms with Gasteiger partial charge < -0.3 is 9.53 Å². The van der Waals surface area contributed by atoms with Gasteiger partial charge in [0.15, 0.2) is 5.75 Å². The summed E-state index contributed by atoms with van der Waals surface area (Å²) in [5, 5.41) is 0.974. The number of aryl methyl sites for hydroxylation is 1. The first-order chi connectivity index (χ1) is 11.1. The number of benzene rings is 2. The molecular weight excluding hydrogens is 422 g/mol. The summed E-state index contributed by atoms with van der Waals surface area (Å²) in [6.45, 7) is 1.94. The smallest absolute Gasteiger partial charge is 0.167 e. The van der Waals surface area contributed by atoms with Gasteiger partial charge in [0.25, 0.3) is 0 Å². The summed E-state index contributed by atoms with van der Waals surface area (Å²) in [7, 11) is 0. The molecule has 5 heteroatoms. The summed E-state index contributed by atoms with van der Waals surface area (Å²) in [6, 6.07) is 13.4. The molecule has 0 atom stereocenters. The van der Waals surface area contributed by atoms with Crippen LogP contribution < -0.4 is 4.74 Å². The molecular formula is C18H13Br2NO2. The van der Waals surface area contributed by atoms with Crippen molar-refractivity contribution in [3.63, 3.8) is 0 Å². The molecule has 0 bridgehead atoms. The Balaban J connectivity index is 2.17. The molecule has 0 fully saturated rings. The Morgan fingerprint density at radius 3 is 2.70 bits per heavy atom. The third-order valence-corrected chi connectivity index (χ3v) is 4.71. The third kappa shape index (κ3) is 3.31. The van der Waals surface area contributed by atoms with E-state index in [1.165, 1.54) is 0 Å². The summed E-state index contributed by atoms with van der Waals surface area (Å²) in [5.74, 6) is 1.30. The van der Waals surface area contributed by atoms with Gasteiger partial charge >= 0.3 is 0 Å². The number of nitrogens with zero attached hydrogens (tertiary/aromatic N) is 1. The molecule has 0 saturated carbocycles. The number of hydrogen-bond donors (Lipinski definition) is 0. The van der Waals surface area contributed by atoms with Gasteiger partial charge in [0, 0.05) is 27.5 Å². The van der Waals surface area contributed by atoms with Gasteiger partial charge in [-0.1, -0.05) is 34.1 Å². The highest BCUT2D eigenvalue weighted by Gasteiger charge is 2.15. The monoisotopic (exact) mass is 433 g/mol. The quantitative estimate of drug-likeness (QED) is 0.501. The van der Waals surface area contributed by atoms with Gasteiger partial charge in [-0.3, -0.25) is 0 Å². The van der Waals surface area contributed by atoms with Crippen molar-refractivity contribution in [2.75, 3.05) is 0 Å². The van der Waals surface area contributed by atoms with Crippen LogP contribution in [0.4, 0.5) is 0 Å². The van der Waals surface area contributed by atoms with Crippen molar-refractivity contribution in [2.24, 2.45) is 0 Å². The molecule has 0 spiro atoms. The first-order valence-electron chi connectivity index (χ1n) is 7.05. The lowest BCUT2D eigenvalue weighted by molar-refractivity contribution is -0.107. The van der Waals surface area contributed by atoms with Crippen LogP contribution in [0.5, 0.6) is 11.5 Å². The van der Waals surface area contributed by atoms with Crippen molar-refractivity contribution >= 4 is 49.0 Å². The van der Waals surface area contributed by atoms with Crippen LogP contribution >= 0.6 is 31.9 Å². The van der Waals surface area contributed by atoms with Crippen LogP contribution in [0.25, 0.3) is 10.9 Å². The van der Waals surface area contributed by atoms with E-state index in [2.05, 4.69) is 36.8 Å². The third-order valence-electron chi connectivity index (χ3n) is 3.47. The van der Waals surface area contributed by atoms with Crippen LogP contribution in [0.1, 0.15) is 11.3 Å². The van der Waals surface area contributed by atoms with E-state index in [9.17, 15) is 4.79 Å². The largest absolute Gasteiger partial charge is 0.454 e. The minimum Gasteiger partial charge on any atom is -0.454 e. The zero-order chi connectivity index (χ0) is 16.4. The first kappa shape index (κ1) is 16.1. The predicted octanol–water partition coefficient (Wildman–Crippen LogP) is 5.60. The average Bonchev–Trinajstić information content (AvgIpc) is 2.53. The SMILES string of the molecule is Cc1ccc2c(Br)cc(Br)c(Oc3ccccc3CC=O)c2n1. The molecule has 3 nitrogen and oxygen atoms in total. The molecule has 23 heavy (non-hydrogen) atoms. The second-order valence-corrected chi connectivity index (χ2v) is 6.81. The summed E-state index contributed by atoms with van der Waals surface area (Å²) in [4.78, 5) is 15.5. The summed E-state index contributed by atoms with van der Waals surface area (Å²) in [5.41, 5.74) is 2.53. The Kier molecular flexibility index (Phi) is 4.78. The second kappa shape index (κ2) is 6.81. The number of halogens is 2. The minimum atomic E-state index is 0.314. The number of aromatic nitrogens is 1. The van der Waals surface area contributed by atoms with E-state index < -0.39 is 0 Å². The Labute approximate surface area is 150 Å². The lowest BCUT2D eigenvalue weighted by atomic mass is 10.1. The van der Waals surface area contributed by atoms with Crippen LogP contribution in [0.15, 0.2) is 51.4 Å². The highest BCUT2D eigenvalue weighted by molar-refractivity contribution is 9.11. The van der Waals surface area contributed by atoms with Gasteiger partial charge in [0.05, 0.1) is 4.47 Å². The number of hydrogen-bond acceptors (Lipinski definition) is 3. The molecule has 0 radical (unpaired) electrons. The van der Waals surface area contributed by atoms with Gasteiger partial charge in [-0.2, -0.15) is 0 Å². The molecule has 116 valence electrons. The van der Waals surface area contributed by atoms with Gasteiger partial charge in [-0.05, 0) is 47.1 Å². The maximum atomic E-state index is 10.9. The van der Waals surface area contributed by atoms with E-state index in [1.807, 2.05) is 49.4 Å². The van der Waals surface area contributed by atoms with E-state index in [0.717, 1.165) is 37.4 Å². The average molecular weight is 435 g/mol. The van der Waals surface area contributed by atoms with Gasteiger partial charge in [-0.15, -0.1) is 0 Å². The summed E-state index contributed by atoms with van der Waals surface area (Å²) in [6.07, 6.45) is 1.19. The highest BCUT2D eigenvalue weighted by Crippen LogP contribution is 2.40. The van der Waals surface area contributed by atoms with Crippen molar-refractivity contribution in [3.05, 3.63) is 62.7 Å². The zero-order valence-electron chi connectivity index (χ0n) is 12.3. The Morgan fingerprint density at radius 2 is 1.91 bits per heavy atom. The molecule has 0 saturated heterocycles. The number of para-hydroxylation sites is 1. The molecule has 0 aliphatic carbocycles. The van der Waals surface area contributed by atoms with Crippen molar-refractivity contribution in [1.29, 1.82) is 0 Å². The topological polar surface area (TPSA) is 39.2 Å². The number of carbonyl (C=O) groups is 1. The second-order valence-electron chi connectivity index (χ2n) is 5.10. The standard InChI is InChI=1S/C18H13Br2NO2/c1-11-6-7-13-14(19)10-15(20)18(17(13)21-11)23-16-5-3-2-4-12(16)8-9-22/h2-7,9-10H,8H2,1H3. The van der Waals surface area contributed by atoms with Crippen molar-refractivity contribution in [1.82, 2.24) is 4.98 Å². The van der Waals surface area contributed by atoms with Crippen molar-refractivity contribution < 1.29 is 9.53 Å². The number of pyridine rings is 1. The van der Waals surface area contributed by atoms with Gasteiger partial charge in [-0.25, -0.2) is 4.98 Å². The van der Waals surface area contributed by atoms with Crippen LogP contribution in [0.3, 0.4) is 0 Å². The number of ether oxygens (including phenoxy) is 1. The predicted molar refractivity (Wildman–Crippen MR) is 98.2 cm³/mol. The van der Waals surface area contributed by atoms with Gasteiger partial charge in [0.2, 0.25) is 0 Å². The van der Waals surface area contributed by atoms with Crippen LogP contribution in [-0.2, 0) is 11.2 Å². The lowest BCUT2D eigenvalue weighted by Crippen LogP contribution is -1.96. The van der Waals surface area contributed by atoms with Crippen LogP contribution in [-0.4, -0.2) is 11.3 Å². The highest BCUT2D eigenvalue weighted by atomic mass is 79.9. The van der Waals surface area contributed by atoms with E-state index in [0.29, 0.717) is 17.9 Å². The maximum Gasteiger partial charge on any atom is 0.167 e. The molecule has 0 N–H and O–H groups in total. The molecule has 0 aliphatic rings. The van der Waals surface area contributed by atoms with Crippen LogP contribution in [0, 0.1) is 6.92 Å². The number of rotatable bonds is 4. The number of aldehydes is 1. The minimum absolute atomic E-state index is 0.314.